The molecule has 6 rings (SSSR count). The van der Waals surface area contributed by atoms with E-state index in [0.29, 0.717) is 0 Å². The molecule has 54 heavy (non-hydrogen) atoms. The Morgan fingerprint density at radius 1 is 0.333 bits per heavy atom. The maximum atomic E-state index is 5.20. The van der Waals surface area contributed by atoms with Crippen LogP contribution in [0.25, 0.3) is 56.5 Å². The van der Waals surface area contributed by atoms with Gasteiger partial charge in [0.25, 0.3) is 0 Å². The van der Waals surface area contributed by atoms with Crippen molar-refractivity contribution >= 4 is 22.1 Å². The summed E-state index contributed by atoms with van der Waals surface area (Å²) < 4.78 is 4.76. The van der Waals surface area contributed by atoms with E-state index in [1.807, 2.05) is 0 Å². The summed E-state index contributed by atoms with van der Waals surface area (Å²) in [5.41, 5.74) is 7.87. The van der Waals surface area contributed by atoms with Gasteiger partial charge in [0.1, 0.15) is 11.4 Å². The van der Waals surface area contributed by atoms with E-state index in [4.69, 9.17) is 19.9 Å². The third-order valence-corrected chi connectivity index (χ3v) is 11.0. The molecule has 0 amide bonds. The van der Waals surface area contributed by atoms with Crippen LogP contribution in [0, 0.1) is 0 Å². The van der Waals surface area contributed by atoms with Crippen molar-refractivity contribution in [3.63, 3.8) is 0 Å². The fourth-order valence-electron chi connectivity index (χ4n) is 7.91. The topological polar surface area (TPSA) is 61.4 Å². The minimum Gasteiger partial charge on any atom is -0.323 e. The first-order chi connectivity index (χ1) is 26.8. The summed E-state index contributed by atoms with van der Waals surface area (Å²) >= 11 is 0. The number of nitrogens with zero attached hydrogens (tertiary/aromatic N) is 6. The van der Waals surface area contributed by atoms with Gasteiger partial charge in [0.05, 0.1) is 33.5 Å². The molecular weight excluding hydrogens is 661 g/mol. The van der Waals surface area contributed by atoms with Crippen LogP contribution in [0.3, 0.4) is 0 Å². The van der Waals surface area contributed by atoms with E-state index in [9.17, 15) is 0 Å². The second kappa shape index (κ2) is 21.5. The monoisotopic (exact) mass is 725 g/mol. The molecule has 4 aromatic heterocycles. The van der Waals surface area contributed by atoms with Crippen LogP contribution < -0.4 is 0 Å². The van der Waals surface area contributed by atoms with Gasteiger partial charge in [-0.15, -0.1) is 0 Å². The highest BCUT2D eigenvalue weighted by atomic mass is 15.1. The molecule has 0 bridgehead atoms. The van der Waals surface area contributed by atoms with Crippen molar-refractivity contribution in [1.82, 2.24) is 29.1 Å². The van der Waals surface area contributed by atoms with Crippen molar-refractivity contribution in [2.75, 3.05) is 0 Å². The fraction of sp³-hybridized carbons (Fsp3) is 0.500. The van der Waals surface area contributed by atoms with Crippen LogP contribution in [-0.4, -0.2) is 29.1 Å². The van der Waals surface area contributed by atoms with E-state index in [1.165, 1.54) is 127 Å². The van der Waals surface area contributed by atoms with E-state index in [1.54, 1.807) is 0 Å². The van der Waals surface area contributed by atoms with Gasteiger partial charge in [0, 0.05) is 13.1 Å². The molecule has 0 saturated heterocycles. The molecule has 0 unspecified atom stereocenters. The molecule has 0 aliphatic rings. The first kappa shape index (κ1) is 39.4. The van der Waals surface area contributed by atoms with Gasteiger partial charge in [-0.3, -0.25) is 0 Å². The highest BCUT2D eigenvalue weighted by Crippen LogP contribution is 2.29. The molecule has 6 heteroatoms. The van der Waals surface area contributed by atoms with Crippen molar-refractivity contribution < 1.29 is 0 Å². The highest BCUT2D eigenvalue weighted by Gasteiger charge is 2.17. The zero-order valence-electron chi connectivity index (χ0n) is 33.3. The van der Waals surface area contributed by atoms with Gasteiger partial charge in [-0.25, -0.2) is 19.9 Å². The number of fused-ring (bicyclic) bond motifs is 2. The quantitative estimate of drug-likeness (QED) is 0.0552. The van der Waals surface area contributed by atoms with Gasteiger partial charge in [0.2, 0.25) is 0 Å². The molecule has 0 N–H and O–H groups in total. The second-order valence-electron chi connectivity index (χ2n) is 15.3. The molecule has 4 heterocycles. The Morgan fingerprint density at radius 2 is 0.667 bits per heavy atom. The lowest BCUT2D eigenvalue weighted by Crippen LogP contribution is -2.03. The molecule has 0 fully saturated rings. The summed E-state index contributed by atoms with van der Waals surface area (Å²) in [5, 5.41) is 0. The third-order valence-electron chi connectivity index (χ3n) is 11.0. The number of unbranched alkanes of at least 4 members (excludes halogenated alkanes) is 18. The Balaban J connectivity index is 1.14. The zero-order chi connectivity index (χ0) is 37.2. The van der Waals surface area contributed by atoms with Crippen molar-refractivity contribution in [2.45, 2.75) is 155 Å². The van der Waals surface area contributed by atoms with Crippen molar-refractivity contribution in [3.05, 3.63) is 84.9 Å². The highest BCUT2D eigenvalue weighted by molar-refractivity contribution is 5.81. The van der Waals surface area contributed by atoms with Crippen LogP contribution in [0.1, 0.15) is 142 Å². The molecule has 6 aromatic rings. The van der Waals surface area contributed by atoms with Crippen LogP contribution in [0.4, 0.5) is 0 Å². The van der Waals surface area contributed by atoms with E-state index in [0.717, 1.165) is 71.4 Å². The summed E-state index contributed by atoms with van der Waals surface area (Å²) in [7, 11) is 0. The van der Waals surface area contributed by atoms with Crippen LogP contribution in [0.2, 0.25) is 0 Å². The standard InChI is InChI=1S/C48H64N6/c1-3-5-7-9-11-13-15-17-19-25-37-53-45-35-23-21-29-41(45)51-47(53)43-33-27-31-39(49-43)40-32-28-34-44(50-40)48-52-42-30-22-24-36-46(42)54(48)38-26-20-18-16-14-12-10-8-6-4-2/h21-24,27-36H,3-20,25-26,37-38H2,1-2H3. The summed E-state index contributed by atoms with van der Waals surface area (Å²) in [5.74, 6) is 1.87. The van der Waals surface area contributed by atoms with Gasteiger partial charge < -0.3 is 9.13 Å². The lowest BCUT2D eigenvalue weighted by Gasteiger charge is -2.11. The maximum absolute atomic E-state index is 5.20. The number of benzene rings is 2. The summed E-state index contributed by atoms with van der Waals surface area (Å²) in [4.78, 5) is 20.6. The lowest BCUT2D eigenvalue weighted by atomic mass is 10.1. The Labute approximate surface area is 324 Å². The second-order valence-corrected chi connectivity index (χ2v) is 15.3. The van der Waals surface area contributed by atoms with Crippen LogP contribution >= 0.6 is 0 Å². The Kier molecular flexibility index (Phi) is 15.7. The first-order valence-corrected chi connectivity index (χ1v) is 21.6. The van der Waals surface area contributed by atoms with E-state index < -0.39 is 0 Å². The number of hydrogen-bond acceptors (Lipinski definition) is 4. The van der Waals surface area contributed by atoms with Gasteiger partial charge >= 0.3 is 0 Å². The largest absolute Gasteiger partial charge is 0.323 e. The SMILES string of the molecule is CCCCCCCCCCCCn1c(-c2cccc(-c3cccc(-c4nc5ccccc5n4CCCCCCCCCCCC)n3)n2)nc2ccccc21. The zero-order valence-corrected chi connectivity index (χ0v) is 33.3. The Hall–Kier alpha value is -4.32. The molecule has 0 atom stereocenters. The average molecular weight is 725 g/mol. The summed E-state index contributed by atoms with van der Waals surface area (Å²) in [6.07, 6.45) is 26.6. The smallest absolute Gasteiger partial charge is 0.159 e. The normalized spacial score (nSPS) is 11.7. The van der Waals surface area contributed by atoms with E-state index in [-0.39, 0.29) is 0 Å². The van der Waals surface area contributed by atoms with E-state index in [2.05, 4.69) is 108 Å². The Bertz CT molecular complexity index is 1840. The summed E-state index contributed by atoms with van der Waals surface area (Å²) in [6.45, 7) is 6.47. The molecule has 0 aliphatic heterocycles. The molecule has 0 saturated carbocycles. The number of rotatable bonds is 25. The van der Waals surface area contributed by atoms with Crippen LogP contribution in [0.5, 0.6) is 0 Å². The molecule has 6 nitrogen and oxygen atoms in total. The molecule has 0 radical (unpaired) electrons. The molecule has 0 spiro atoms. The van der Waals surface area contributed by atoms with Crippen LogP contribution in [0.15, 0.2) is 84.9 Å². The van der Waals surface area contributed by atoms with E-state index >= 15 is 0 Å². The van der Waals surface area contributed by atoms with Gasteiger partial charge in [-0.05, 0) is 61.4 Å². The Morgan fingerprint density at radius 3 is 1.06 bits per heavy atom. The average Bonchev–Trinajstić information content (AvgIpc) is 3.78. The number of hydrogen-bond donors (Lipinski definition) is 0. The number of aryl methyl sites for hydroxylation is 2. The molecular formula is C48H64N6. The lowest BCUT2D eigenvalue weighted by molar-refractivity contribution is 0.539. The maximum Gasteiger partial charge on any atom is 0.159 e. The van der Waals surface area contributed by atoms with Crippen molar-refractivity contribution in [3.8, 4) is 34.4 Å². The predicted molar refractivity (Wildman–Crippen MR) is 229 cm³/mol. The number of imidazole rings is 2. The van der Waals surface area contributed by atoms with Crippen molar-refractivity contribution in [2.24, 2.45) is 0 Å². The number of para-hydroxylation sites is 4. The number of aromatic nitrogens is 6. The van der Waals surface area contributed by atoms with Gasteiger partial charge in [0.15, 0.2) is 11.6 Å². The predicted octanol–water partition coefficient (Wildman–Crippen LogP) is 14.0. The van der Waals surface area contributed by atoms with Crippen LogP contribution in [-0.2, 0) is 13.1 Å². The fourth-order valence-corrected chi connectivity index (χ4v) is 7.91. The summed E-state index contributed by atoms with van der Waals surface area (Å²) in [6, 6.07) is 29.5. The first-order valence-electron chi connectivity index (χ1n) is 21.6. The molecule has 2 aromatic carbocycles. The molecule has 286 valence electrons. The minimum atomic E-state index is 0.851. The van der Waals surface area contributed by atoms with Crippen molar-refractivity contribution in [1.29, 1.82) is 0 Å². The van der Waals surface area contributed by atoms with Gasteiger partial charge in [-0.2, -0.15) is 0 Å². The van der Waals surface area contributed by atoms with Gasteiger partial charge in [-0.1, -0.05) is 166 Å². The third kappa shape index (κ3) is 10.9. The minimum absolute atomic E-state index is 0.851. The number of pyridine rings is 2. The molecule has 0 aliphatic carbocycles.